The molecule has 3 heteroatoms. The molecule has 1 aliphatic carbocycles. The van der Waals surface area contributed by atoms with E-state index in [1.165, 1.54) is 5.57 Å². The van der Waals surface area contributed by atoms with E-state index in [9.17, 15) is 4.79 Å². The van der Waals surface area contributed by atoms with Crippen LogP contribution in [-0.4, -0.2) is 11.5 Å². The van der Waals surface area contributed by atoms with Crippen LogP contribution in [0.3, 0.4) is 0 Å². The summed E-state index contributed by atoms with van der Waals surface area (Å²) in [6, 6.07) is 0. The quantitative estimate of drug-likeness (QED) is 0.503. The third-order valence-electron chi connectivity index (χ3n) is 1.75. The summed E-state index contributed by atoms with van der Waals surface area (Å²) in [5, 5.41) is 6.50. The zero-order valence-corrected chi connectivity index (χ0v) is 9.23. The molecular formula is C11H21NO2. The van der Waals surface area contributed by atoms with Gasteiger partial charge in [0.15, 0.2) is 0 Å². The second-order valence-electron chi connectivity index (χ2n) is 2.68. The van der Waals surface area contributed by atoms with Crippen molar-refractivity contribution in [3.63, 3.8) is 0 Å². The summed E-state index contributed by atoms with van der Waals surface area (Å²) in [4.78, 5) is 10.3. The number of rotatable bonds is 1. The van der Waals surface area contributed by atoms with Crippen molar-refractivity contribution in [1.29, 1.82) is 0 Å². The molecule has 3 nitrogen and oxygen atoms in total. The first-order valence-corrected chi connectivity index (χ1v) is 4.89. The Bertz CT molecular complexity index is 186. The molecule has 1 unspecified atom stereocenters. The van der Waals surface area contributed by atoms with Crippen molar-refractivity contribution < 1.29 is 10.0 Å². The first kappa shape index (κ1) is 15.5. The Kier molecular flexibility index (Phi) is 13.4. The number of hydrogen-bond donors (Lipinski definition) is 2. The van der Waals surface area contributed by atoms with Crippen molar-refractivity contribution in [2.75, 3.05) is 0 Å². The Hall–Kier alpha value is -0.930. The average Bonchev–Trinajstić information content (AvgIpc) is 2.48. The largest absolute Gasteiger partial charge is 0.320 e. The van der Waals surface area contributed by atoms with Crippen LogP contribution in [0.1, 0.15) is 33.6 Å². The standard InChI is InChI=1S/C9H12O.C2H6.H3NO/c1-8-3-2-4-9(7-10)6-5-8;2*1-2/h3,5-7,9H,2,4H2,1H3;1-2H3;2H,1H2. The van der Waals surface area contributed by atoms with Gasteiger partial charge in [0.2, 0.25) is 0 Å². The monoisotopic (exact) mass is 199 g/mol. The maximum Gasteiger partial charge on any atom is 0.126 e. The Balaban J connectivity index is 0. The first-order chi connectivity index (χ1) is 6.83. The highest BCUT2D eigenvalue weighted by Gasteiger charge is 2.03. The fourth-order valence-electron chi connectivity index (χ4n) is 1.06. The summed E-state index contributed by atoms with van der Waals surface area (Å²) in [5.74, 6) is 3.65. The van der Waals surface area contributed by atoms with Crippen LogP contribution in [0.15, 0.2) is 23.8 Å². The normalized spacial score (nSPS) is 18.9. The van der Waals surface area contributed by atoms with Crippen molar-refractivity contribution in [1.82, 2.24) is 0 Å². The average molecular weight is 199 g/mol. The van der Waals surface area contributed by atoms with Gasteiger partial charge in [-0.2, -0.15) is 0 Å². The van der Waals surface area contributed by atoms with Gasteiger partial charge in [-0.25, -0.2) is 5.90 Å². The van der Waals surface area contributed by atoms with E-state index in [1.54, 1.807) is 0 Å². The summed E-state index contributed by atoms with van der Waals surface area (Å²) in [6.07, 6.45) is 9.18. The molecule has 0 radical (unpaired) electrons. The van der Waals surface area contributed by atoms with Gasteiger partial charge in [0.05, 0.1) is 0 Å². The summed E-state index contributed by atoms with van der Waals surface area (Å²) >= 11 is 0. The first-order valence-electron chi connectivity index (χ1n) is 4.89. The molecule has 0 aliphatic heterocycles. The summed E-state index contributed by atoms with van der Waals surface area (Å²) in [5.41, 5.74) is 1.27. The fourth-order valence-corrected chi connectivity index (χ4v) is 1.06. The van der Waals surface area contributed by atoms with Gasteiger partial charge in [-0.15, -0.1) is 0 Å². The van der Waals surface area contributed by atoms with Crippen LogP contribution in [0.2, 0.25) is 0 Å². The Labute approximate surface area is 86.3 Å². The second kappa shape index (κ2) is 12.1. The highest BCUT2D eigenvalue weighted by atomic mass is 16.4. The summed E-state index contributed by atoms with van der Waals surface area (Å²) in [6.45, 7) is 6.06. The molecule has 0 saturated heterocycles. The molecule has 0 amide bonds. The fraction of sp³-hybridized carbons (Fsp3) is 0.545. The Morgan fingerprint density at radius 3 is 2.57 bits per heavy atom. The molecular weight excluding hydrogens is 178 g/mol. The lowest BCUT2D eigenvalue weighted by Gasteiger charge is -1.96. The van der Waals surface area contributed by atoms with E-state index < -0.39 is 0 Å². The number of carbonyl (C=O) groups excluding carboxylic acids is 1. The molecule has 0 aromatic rings. The highest BCUT2D eigenvalue weighted by Crippen LogP contribution is 2.13. The van der Waals surface area contributed by atoms with Gasteiger partial charge in [0.25, 0.3) is 0 Å². The second-order valence-corrected chi connectivity index (χ2v) is 2.68. The van der Waals surface area contributed by atoms with Crippen molar-refractivity contribution >= 4 is 6.29 Å². The third-order valence-corrected chi connectivity index (χ3v) is 1.75. The van der Waals surface area contributed by atoms with Crippen LogP contribution in [0, 0.1) is 5.92 Å². The summed E-state index contributed by atoms with van der Waals surface area (Å²) < 4.78 is 0. The van der Waals surface area contributed by atoms with Crippen LogP contribution in [-0.2, 0) is 4.79 Å². The molecule has 1 atom stereocenters. The lowest BCUT2D eigenvalue weighted by molar-refractivity contribution is -0.110. The van der Waals surface area contributed by atoms with Gasteiger partial charge in [-0.3, -0.25) is 0 Å². The molecule has 0 aromatic carbocycles. The van der Waals surface area contributed by atoms with Crippen LogP contribution in [0.4, 0.5) is 0 Å². The van der Waals surface area contributed by atoms with Gasteiger partial charge in [-0.1, -0.05) is 37.6 Å². The molecule has 1 aliphatic rings. The van der Waals surface area contributed by atoms with Gasteiger partial charge in [0.1, 0.15) is 6.29 Å². The van der Waals surface area contributed by atoms with Crippen LogP contribution < -0.4 is 5.90 Å². The molecule has 0 fully saturated rings. The third kappa shape index (κ3) is 7.71. The maximum atomic E-state index is 10.3. The van der Waals surface area contributed by atoms with E-state index in [0.717, 1.165) is 19.1 Å². The van der Waals surface area contributed by atoms with Crippen molar-refractivity contribution in [3.05, 3.63) is 23.8 Å². The smallest absolute Gasteiger partial charge is 0.126 e. The molecule has 0 heterocycles. The van der Waals surface area contributed by atoms with Crippen molar-refractivity contribution in [3.8, 4) is 0 Å². The topological polar surface area (TPSA) is 63.3 Å². The Morgan fingerprint density at radius 2 is 2.07 bits per heavy atom. The summed E-state index contributed by atoms with van der Waals surface area (Å²) in [7, 11) is 0. The molecule has 0 aromatic heterocycles. The number of hydrogen-bond acceptors (Lipinski definition) is 3. The molecule has 0 spiro atoms. The molecule has 0 bridgehead atoms. The zero-order valence-electron chi connectivity index (χ0n) is 9.23. The number of nitrogens with two attached hydrogens (primary N) is 1. The predicted octanol–water partition coefficient (Wildman–Crippen LogP) is 2.46. The minimum absolute atomic E-state index is 0.147. The zero-order chi connectivity index (χ0) is 11.4. The highest BCUT2D eigenvalue weighted by molar-refractivity contribution is 5.57. The number of carbonyl (C=O) groups is 1. The SMILES string of the molecule is CC.CC1=CCCC(C=O)C=C1.NO. The van der Waals surface area contributed by atoms with E-state index in [4.69, 9.17) is 5.21 Å². The molecule has 14 heavy (non-hydrogen) atoms. The van der Waals surface area contributed by atoms with Gasteiger partial charge in [-0.05, 0) is 19.8 Å². The van der Waals surface area contributed by atoms with Crippen molar-refractivity contribution in [2.45, 2.75) is 33.6 Å². The van der Waals surface area contributed by atoms with Gasteiger partial charge >= 0.3 is 0 Å². The lowest BCUT2D eigenvalue weighted by Crippen LogP contribution is -1.94. The number of allylic oxidation sites excluding steroid dienone is 4. The van der Waals surface area contributed by atoms with E-state index in [2.05, 4.69) is 18.9 Å². The molecule has 1 rings (SSSR count). The van der Waals surface area contributed by atoms with Gasteiger partial charge in [0, 0.05) is 5.92 Å². The van der Waals surface area contributed by atoms with Gasteiger partial charge < -0.3 is 10.0 Å². The molecule has 82 valence electrons. The number of aldehydes is 1. The molecule has 0 saturated carbocycles. The minimum Gasteiger partial charge on any atom is -0.320 e. The van der Waals surface area contributed by atoms with E-state index >= 15 is 0 Å². The van der Waals surface area contributed by atoms with E-state index in [-0.39, 0.29) is 5.92 Å². The lowest BCUT2D eigenvalue weighted by atomic mass is 10.1. The maximum absolute atomic E-state index is 10.3. The molecule has 3 N–H and O–H groups in total. The minimum atomic E-state index is 0.147. The van der Waals surface area contributed by atoms with E-state index in [1.807, 2.05) is 26.0 Å². The van der Waals surface area contributed by atoms with Crippen molar-refractivity contribution in [2.24, 2.45) is 11.8 Å². The predicted molar refractivity (Wildman–Crippen MR) is 59.0 cm³/mol. The van der Waals surface area contributed by atoms with Crippen LogP contribution >= 0.6 is 0 Å². The Morgan fingerprint density at radius 1 is 1.50 bits per heavy atom. The van der Waals surface area contributed by atoms with Crippen LogP contribution in [0.25, 0.3) is 0 Å². The van der Waals surface area contributed by atoms with Crippen LogP contribution in [0.5, 0.6) is 0 Å². The van der Waals surface area contributed by atoms with E-state index in [0.29, 0.717) is 0 Å².